The van der Waals surface area contributed by atoms with Crippen LogP contribution >= 0.6 is 23.2 Å². The highest BCUT2D eigenvalue weighted by Gasteiger charge is 2.40. The molecule has 0 heterocycles. The first-order valence-corrected chi connectivity index (χ1v) is 5.53. The van der Waals surface area contributed by atoms with Crippen molar-refractivity contribution in [3.63, 3.8) is 0 Å². The lowest BCUT2D eigenvalue weighted by atomic mass is 10.3. The molecule has 0 fully saturated rings. The number of halogens is 5. The van der Waals surface area contributed by atoms with Crippen molar-refractivity contribution >= 4 is 34.8 Å². The van der Waals surface area contributed by atoms with Crippen LogP contribution in [-0.2, 0) is 4.79 Å². The Hall–Kier alpha value is -1.14. The lowest BCUT2D eigenvalue weighted by Crippen LogP contribution is -2.32. The predicted octanol–water partition coefficient (Wildman–Crippen LogP) is 3.37. The van der Waals surface area contributed by atoms with Gasteiger partial charge in [0.1, 0.15) is 5.75 Å². The average molecular weight is 302 g/mol. The normalized spacial score (nSPS) is 11.4. The van der Waals surface area contributed by atoms with E-state index in [-0.39, 0.29) is 11.4 Å². The molecule has 0 saturated carbocycles. The number of hydrogen-bond acceptors (Lipinski definition) is 2. The van der Waals surface area contributed by atoms with E-state index >= 15 is 0 Å². The van der Waals surface area contributed by atoms with Crippen LogP contribution in [0.15, 0.2) is 24.3 Å². The smallest absolute Gasteiger partial charge is 0.428 e. The predicted molar refractivity (Wildman–Crippen MR) is 62.1 cm³/mol. The van der Waals surface area contributed by atoms with Crippen LogP contribution in [0.5, 0.6) is 5.75 Å². The number of rotatable bonds is 5. The summed E-state index contributed by atoms with van der Waals surface area (Å²) >= 11 is 10.1. The van der Waals surface area contributed by atoms with Gasteiger partial charge in [-0.05, 0) is 24.3 Å². The van der Waals surface area contributed by atoms with Crippen molar-refractivity contribution in [2.24, 2.45) is 0 Å². The quantitative estimate of drug-likeness (QED) is 0.847. The Morgan fingerprint density at radius 3 is 2.33 bits per heavy atom. The first-order chi connectivity index (χ1) is 8.35. The molecule has 0 saturated heterocycles. The van der Waals surface area contributed by atoms with Gasteiger partial charge in [-0.1, -0.05) is 23.2 Å². The summed E-state index contributed by atoms with van der Waals surface area (Å²) in [6.07, 6.45) is -3.73. The van der Waals surface area contributed by atoms with Crippen molar-refractivity contribution < 1.29 is 22.7 Å². The molecule has 1 N–H and O–H groups in total. The van der Waals surface area contributed by atoms with E-state index in [1.54, 1.807) is 0 Å². The van der Waals surface area contributed by atoms with Gasteiger partial charge in [0, 0.05) is 5.69 Å². The highest BCUT2D eigenvalue weighted by Crippen LogP contribution is 2.30. The number of nitrogens with one attached hydrogen (secondary N) is 1. The number of alkyl halides is 5. The van der Waals surface area contributed by atoms with Crippen LogP contribution in [0.25, 0.3) is 0 Å². The molecular formula is C10H8Cl2F3NO2. The number of anilines is 1. The van der Waals surface area contributed by atoms with Gasteiger partial charge < -0.3 is 10.1 Å². The Morgan fingerprint density at radius 2 is 1.89 bits per heavy atom. The van der Waals surface area contributed by atoms with Crippen LogP contribution in [-0.4, -0.2) is 23.5 Å². The van der Waals surface area contributed by atoms with Crippen molar-refractivity contribution in [2.45, 2.75) is 10.9 Å². The molecular weight excluding hydrogens is 294 g/mol. The summed E-state index contributed by atoms with van der Waals surface area (Å²) in [5.41, 5.74) is 0.251. The molecule has 1 aromatic rings. The third-order valence-corrected chi connectivity index (χ3v) is 2.28. The van der Waals surface area contributed by atoms with E-state index in [1.165, 1.54) is 12.1 Å². The second-order valence-electron chi connectivity index (χ2n) is 3.17. The molecule has 0 aliphatic heterocycles. The largest absolute Gasteiger partial charge is 0.431 e. The topological polar surface area (TPSA) is 38.3 Å². The van der Waals surface area contributed by atoms with Gasteiger partial charge in [-0.2, -0.15) is 8.78 Å². The number of benzene rings is 1. The summed E-state index contributed by atoms with van der Waals surface area (Å²) in [6, 6.07) is 4.88. The lowest BCUT2D eigenvalue weighted by Gasteiger charge is -2.18. The zero-order valence-electron chi connectivity index (χ0n) is 8.80. The summed E-state index contributed by atoms with van der Waals surface area (Å²) < 4.78 is 42.1. The maximum absolute atomic E-state index is 13.0. The molecule has 0 aliphatic carbocycles. The molecule has 0 spiro atoms. The summed E-state index contributed by atoms with van der Waals surface area (Å²) in [7, 11) is 0. The summed E-state index contributed by atoms with van der Waals surface area (Å²) in [5, 5.41) is 2.20. The van der Waals surface area contributed by atoms with Crippen molar-refractivity contribution in [1.29, 1.82) is 0 Å². The highest BCUT2D eigenvalue weighted by atomic mass is 35.5. The van der Waals surface area contributed by atoms with E-state index in [9.17, 15) is 18.0 Å². The molecule has 0 atom stereocenters. The van der Waals surface area contributed by atoms with Crippen molar-refractivity contribution in [1.82, 2.24) is 0 Å². The molecule has 0 radical (unpaired) electrons. The van der Waals surface area contributed by atoms with E-state index in [0.717, 1.165) is 12.1 Å². The van der Waals surface area contributed by atoms with Crippen molar-refractivity contribution in [2.75, 3.05) is 12.0 Å². The van der Waals surface area contributed by atoms with E-state index in [1.807, 2.05) is 0 Å². The van der Waals surface area contributed by atoms with Crippen LogP contribution in [0.2, 0.25) is 0 Å². The average Bonchev–Trinajstić information content (AvgIpc) is 2.31. The third kappa shape index (κ3) is 4.27. The molecule has 3 nitrogen and oxygen atoms in total. The van der Waals surface area contributed by atoms with Gasteiger partial charge in [-0.25, -0.2) is 4.39 Å². The van der Waals surface area contributed by atoms with Crippen LogP contribution < -0.4 is 10.1 Å². The molecule has 18 heavy (non-hydrogen) atoms. The Balaban J connectivity index is 2.69. The zero-order chi connectivity index (χ0) is 13.8. The number of carbonyl (C=O) groups excluding carboxylic acids is 1. The molecule has 1 aromatic carbocycles. The maximum atomic E-state index is 13.0. The molecule has 1 rings (SSSR count). The van der Waals surface area contributed by atoms with E-state index < -0.39 is 23.5 Å². The van der Waals surface area contributed by atoms with Gasteiger partial charge in [0.15, 0.2) is 6.67 Å². The minimum absolute atomic E-state index is 0.190. The molecule has 0 unspecified atom stereocenters. The Labute approximate surface area is 111 Å². The number of hydrogen-bond donors (Lipinski definition) is 1. The first-order valence-electron chi connectivity index (χ1n) is 4.66. The van der Waals surface area contributed by atoms with Gasteiger partial charge in [0.2, 0.25) is 4.84 Å². The number of ether oxygens (including phenoxy) is 1. The van der Waals surface area contributed by atoms with Crippen LogP contribution in [0, 0.1) is 0 Å². The Bertz CT molecular complexity index is 412. The SMILES string of the molecule is O=C(CF)Nc1ccc(OC(F)(F)C(Cl)Cl)cc1. The van der Waals surface area contributed by atoms with Gasteiger partial charge in [0.25, 0.3) is 5.91 Å². The molecule has 0 bridgehead atoms. The standard InChI is InChI=1S/C10H8Cl2F3NO2/c11-9(12)10(14,15)18-7-3-1-6(2-4-7)16-8(17)5-13/h1-4,9H,5H2,(H,16,17). The summed E-state index contributed by atoms with van der Waals surface area (Å²) in [6.45, 7) is -1.17. The van der Waals surface area contributed by atoms with Crippen LogP contribution in [0.1, 0.15) is 0 Å². The van der Waals surface area contributed by atoms with Crippen molar-refractivity contribution in [3.05, 3.63) is 24.3 Å². The van der Waals surface area contributed by atoms with E-state index in [2.05, 4.69) is 10.1 Å². The maximum Gasteiger partial charge on any atom is 0.428 e. The molecule has 0 aliphatic rings. The fourth-order valence-corrected chi connectivity index (χ4v) is 1.09. The first kappa shape index (κ1) is 14.9. The number of amides is 1. The van der Waals surface area contributed by atoms with E-state index in [0.29, 0.717) is 0 Å². The third-order valence-electron chi connectivity index (χ3n) is 1.77. The molecule has 100 valence electrons. The molecule has 0 aromatic heterocycles. The second kappa shape index (κ2) is 6.15. The lowest BCUT2D eigenvalue weighted by molar-refractivity contribution is -0.163. The van der Waals surface area contributed by atoms with Gasteiger partial charge in [-0.3, -0.25) is 4.79 Å². The number of carbonyl (C=O) groups is 1. The fraction of sp³-hybridized carbons (Fsp3) is 0.300. The Morgan fingerprint density at radius 1 is 1.33 bits per heavy atom. The summed E-state index contributed by atoms with van der Waals surface area (Å²) in [4.78, 5) is 8.70. The molecule has 8 heteroatoms. The minimum atomic E-state index is -3.73. The van der Waals surface area contributed by atoms with Gasteiger partial charge >= 0.3 is 6.11 Å². The highest BCUT2D eigenvalue weighted by molar-refractivity contribution is 6.44. The molecule has 1 amide bonds. The minimum Gasteiger partial charge on any atom is -0.431 e. The zero-order valence-corrected chi connectivity index (χ0v) is 10.3. The van der Waals surface area contributed by atoms with Gasteiger partial charge in [0.05, 0.1) is 0 Å². The summed E-state index contributed by atoms with van der Waals surface area (Å²) in [5.74, 6) is -1.03. The van der Waals surface area contributed by atoms with Crippen LogP contribution in [0.3, 0.4) is 0 Å². The Kier molecular flexibility index (Phi) is 5.10. The van der Waals surface area contributed by atoms with E-state index in [4.69, 9.17) is 23.2 Å². The van der Waals surface area contributed by atoms with Crippen LogP contribution in [0.4, 0.5) is 18.9 Å². The second-order valence-corrected chi connectivity index (χ2v) is 4.27. The van der Waals surface area contributed by atoms with Gasteiger partial charge in [-0.15, -0.1) is 0 Å². The fourth-order valence-electron chi connectivity index (χ4n) is 1.00. The monoisotopic (exact) mass is 301 g/mol. The van der Waals surface area contributed by atoms with Crippen molar-refractivity contribution in [3.8, 4) is 5.75 Å².